The molecule has 2 bridgehead atoms. The summed E-state index contributed by atoms with van der Waals surface area (Å²) in [4.78, 5) is 15.0. The van der Waals surface area contributed by atoms with Crippen LogP contribution in [0.2, 0.25) is 0 Å². The Morgan fingerprint density at radius 3 is 2.09 bits per heavy atom. The van der Waals surface area contributed by atoms with Crippen LogP contribution in [0.1, 0.15) is 59.3 Å². The topological polar surface area (TPSA) is 58.4 Å². The monoisotopic (exact) mass is 367 g/mol. The van der Waals surface area contributed by atoms with Crippen LogP contribution in [0.4, 0.5) is 0 Å². The minimum absolute atomic E-state index is 0. The van der Waals surface area contributed by atoms with Crippen molar-refractivity contribution in [1.82, 2.24) is 10.2 Å². The van der Waals surface area contributed by atoms with Crippen molar-refractivity contribution in [2.24, 2.45) is 17.6 Å². The van der Waals surface area contributed by atoms with Gasteiger partial charge in [-0.2, -0.15) is 0 Å². The number of nitrogens with zero attached hydrogens (tertiary/aromatic N) is 1. The highest BCUT2D eigenvalue weighted by molar-refractivity contribution is 5.85. The molecule has 0 aromatic heterocycles. The Morgan fingerprint density at radius 2 is 1.65 bits per heavy atom. The highest BCUT2D eigenvalue weighted by Crippen LogP contribution is 2.39. The normalized spacial score (nSPS) is 30.8. The number of rotatable bonds is 6. The van der Waals surface area contributed by atoms with Crippen molar-refractivity contribution in [1.29, 1.82) is 0 Å². The Balaban J connectivity index is 0.00000242. The fourth-order valence-electron chi connectivity index (χ4n) is 4.56. The van der Waals surface area contributed by atoms with Gasteiger partial charge in [-0.05, 0) is 57.0 Å². The molecule has 0 radical (unpaired) electrons. The van der Waals surface area contributed by atoms with Gasteiger partial charge in [-0.25, -0.2) is 0 Å². The van der Waals surface area contributed by atoms with E-state index in [2.05, 4.69) is 31.0 Å². The van der Waals surface area contributed by atoms with Gasteiger partial charge in [0.05, 0.1) is 6.04 Å². The minimum atomic E-state index is 0. The molecule has 3 unspecified atom stereocenters. The molecule has 0 heterocycles. The Morgan fingerprint density at radius 1 is 1.13 bits per heavy atom. The van der Waals surface area contributed by atoms with Gasteiger partial charge in [-0.3, -0.25) is 9.69 Å². The van der Waals surface area contributed by atoms with E-state index in [1.807, 2.05) is 0 Å². The molecule has 2 aliphatic carbocycles. The number of carbonyl (C=O) groups excluding carboxylic acids is 1. The van der Waals surface area contributed by atoms with Crippen molar-refractivity contribution in [3.05, 3.63) is 0 Å². The molecular formula is C17H35Cl2N3O. The quantitative estimate of drug-likeness (QED) is 0.758. The second-order valence-electron chi connectivity index (χ2n) is 6.86. The first kappa shape index (κ1) is 23.0. The summed E-state index contributed by atoms with van der Waals surface area (Å²) in [6.45, 7) is 8.25. The zero-order valence-corrected chi connectivity index (χ0v) is 16.4. The molecule has 0 aromatic rings. The average Bonchev–Trinajstić information content (AvgIpc) is 2.45. The summed E-state index contributed by atoms with van der Waals surface area (Å²) in [6.07, 6.45) is 6.83. The molecule has 2 rings (SSSR count). The lowest BCUT2D eigenvalue weighted by molar-refractivity contribution is -0.128. The summed E-state index contributed by atoms with van der Waals surface area (Å²) in [6, 6.07) is 0.741. The molecule has 0 saturated heterocycles. The van der Waals surface area contributed by atoms with Gasteiger partial charge in [0, 0.05) is 12.1 Å². The lowest BCUT2D eigenvalue weighted by Gasteiger charge is -2.46. The van der Waals surface area contributed by atoms with Crippen LogP contribution >= 0.6 is 24.8 Å². The van der Waals surface area contributed by atoms with Gasteiger partial charge in [-0.1, -0.05) is 27.2 Å². The maximum absolute atomic E-state index is 12.7. The zero-order valence-electron chi connectivity index (χ0n) is 14.8. The first-order valence-corrected chi connectivity index (χ1v) is 8.90. The maximum Gasteiger partial charge on any atom is 0.237 e. The van der Waals surface area contributed by atoms with Gasteiger partial charge in [0.1, 0.15) is 0 Å². The number of amides is 1. The van der Waals surface area contributed by atoms with Gasteiger partial charge in [0.2, 0.25) is 5.91 Å². The third kappa shape index (κ3) is 5.48. The molecule has 2 saturated carbocycles. The van der Waals surface area contributed by atoms with Gasteiger partial charge in [-0.15, -0.1) is 24.8 Å². The van der Waals surface area contributed by atoms with Gasteiger partial charge in [0.15, 0.2) is 0 Å². The van der Waals surface area contributed by atoms with Gasteiger partial charge < -0.3 is 11.1 Å². The van der Waals surface area contributed by atoms with E-state index < -0.39 is 0 Å². The molecule has 6 heteroatoms. The Kier molecular flexibility index (Phi) is 10.7. The second-order valence-corrected chi connectivity index (χ2v) is 6.86. The third-order valence-electron chi connectivity index (χ3n) is 5.63. The second kappa shape index (κ2) is 10.8. The van der Waals surface area contributed by atoms with Crippen LogP contribution < -0.4 is 11.1 Å². The number of hydrogen-bond acceptors (Lipinski definition) is 3. The maximum atomic E-state index is 12.7. The summed E-state index contributed by atoms with van der Waals surface area (Å²) in [5.74, 6) is 1.44. The van der Waals surface area contributed by atoms with Crippen LogP contribution in [0.5, 0.6) is 0 Å². The number of halogens is 2. The van der Waals surface area contributed by atoms with Crippen LogP contribution in [0.25, 0.3) is 0 Å². The number of carbonyl (C=O) groups is 1. The van der Waals surface area contributed by atoms with E-state index in [1.165, 1.54) is 19.3 Å². The van der Waals surface area contributed by atoms with Crippen LogP contribution in [-0.4, -0.2) is 42.0 Å². The van der Waals surface area contributed by atoms with E-state index in [0.29, 0.717) is 23.9 Å². The van der Waals surface area contributed by atoms with Crippen molar-refractivity contribution in [3.63, 3.8) is 0 Å². The molecule has 3 atom stereocenters. The number of nitrogens with one attached hydrogen (secondary N) is 1. The zero-order chi connectivity index (χ0) is 15.4. The van der Waals surface area contributed by atoms with Crippen molar-refractivity contribution < 1.29 is 4.79 Å². The highest BCUT2D eigenvalue weighted by atomic mass is 35.5. The van der Waals surface area contributed by atoms with Crippen molar-refractivity contribution in [3.8, 4) is 0 Å². The van der Waals surface area contributed by atoms with E-state index in [9.17, 15) is 4.79 Å². The molecule has 1 amide bonds. The molecule has 4 nitrogen and oxygen atoms in total. The number of likely N-dealkylation sites (N-methyl/N-ethyl adjacent to an activating group) is 1. The fourth-order valence-corrected chi connectivity index (χ4v) is 4.56. The Labute approximate surface area is 154 Å². The molecular weight excluding hydrogens is 333 g/mol. The van der Waals surface area contributed by atoms with Crippen molar-refractivity contribution in [2.75, 3.05) is 13.1 Å². The minimum Gasteiger partial charge on any atom is -0.351 e. The van der Waals surface area contributed by atoms with Gasteiger partial charge >= 0.3 is 0 Å². The third-order valence-corrected chi connectivity index (χ3v) is 5.63. The predicted octanol–water partition coefficient (Wildman–Crippen LogP) is 2.97. The van der Waals surface area contributed by atoms with E-state index in [4.69, 9.17) is 5.73 Å². The molecule has 0 aliphatic heterocycles. The van der Waals surface area contributed by atoms with E-state index in [0.717, 1.165) is 32.4 Å². The SMILES string of the molecule is CCC(C(=O)NC1C2CCCC1CC(N)C2)N(CC)CC.Cl.Cl. The summed E-state index contributed by atoms with van der Waals surface area (Å²) in [5, 5.41) is 3.41. The summed E-state index contributed by atoms with van der Waals surface area (Å²) < 4.78 is 0. The molecule has 2 fully saturated rings. The molecule has 138 valence electrons. The summed E-state index contributed by atoms with van der Waals surface area (Å²) in [7, 11) is 0. The van der Waals surface area contributed by atoms with E-state index in [1.54, 1.807) is 0 Å². The summed E-state index contributed by atoms with van der Waals surface area (Å²) >= 11 is 0. The molecule has 23 heavy (non-hydrogen) atoms. The lowest BCUT2D eigenvalue weighted by atomic mass is 9.67. The molecule has 3 N–H and O–H groups in total. The number of hydrogen-bond donors (Lipinski definition) is 2. The average molecular weight is 368 g/mol. The van der Waals surface area contributed by atoms with Crippen LogP contribution in [0.3, 0.4) is 0 Å². The Bertz CT molecular complexity index is 339. The number of fused-ring (bicyclic) bond motifs is 2. The largest absolute Gasteiger partial charge is 0.351 e. The Hall–Kier alpha value is -0.0300. The summed E-state index contributed by atoms with van der Waals surface area (Å²) in [5.41, 5.74) is 6.17. The van der Waals surface area contributed by atoms with E-state index in [-0.39, 0.29) is 36.8 Å². The van der Waals surface area contributed by atoms with Crippen LogP contribution in [0, 0.1) is 11.8 Å². The molecule has 0 spiro atoms. The van der Waals surface area contributed by atoms with Crippen molar-refractivity contribution in [2.45, 2.75) is 77.4 Å². The predicted molar refractivity (Wildman–Crippen MR) is 101 cm³/mol. The molecule has 0 aromatic carbocycles. The first-order chi connectivity index (χ1) is 10.1. The fraction of sp³-hybridized carbons (Fsp3) is 0.941. The van der Waals surface area contributed by atoms with Crippen LogP contribution in [0.15, 0.2) is 0 Å². The molecule has 2 aliphatic rings. The highest BCUT2D eigenvalue weighted by Gasteiger charge is 2.40. The van der Waals surface area contributed by atoms with Crippen molar-refractivity contribution >= 4 is 30.7 Å². The first-order valence-electron chi connectivity index (χ1n) is 8.90. The van der Waals surface area contributed by atoms with E-state index >= 15 is 0 Å². The van der Waals surface area contributed by atoms with Gasteiger partial charge in [0.25, 0.3) is 0 Å². The van der Waals surface area contributed by atoms with Crippen LogP contribution in [-0.2, 0) is 4.79 Å². The smallest absolute Gasteiger partial charge is 0.237 e. The number of nitrogens with two attached hydrogens (primary N) is 1. The standard InChI is InChI=1S/C17H33N3O.2ClH/c1-4-15(20(5-2)6-3)17(21)19-16-12-8-7-9-13(16)11-14(18)10-12;;/h12-16H,4-11,18H2,1-3H3,(H,19,21);2*1H. The lowest BCUT2D eigenvalue weighted by Crippen LogP contribution is -2.57.